The Hall–Kier alpha value is -1.83. The van der Waals surface area contributed by atoms with Gasteiger partial charge in [-0.05, 0) is 24.5 Å². The molecule has 1 heterocycles. The molecule has 2 aromatic rings. The molecule has 1 aromatic heterocycles. The molecule has 0 aliphatic carbocycles. The Kier molecular flexibility index (Phi) is 3.43. The van der Waals surface area contributed by atoms with E-state index in [9.17, 15) is 4.79 Å². The van der Waals surface area contributed by atoms with E-state index in [1.54, 1.807) is 0 Å². The number of H-pyrrole nitrogens is 1. The molecule has 17 heavy (non-hydrogen) atoms. The largest absolute Gasteiger partial charge is 0.325 e. The monoisotopic (exact) mass is 227 g/mol. The van der Waals surface area contributed by atoms with Crippen LogP contribution >= 0.6 is 0 Å². The van der Waals surface area contributed by atoms with Gasteiger partial charge in [0.05, 0.1) is 0 Å². The number of hydrogen-bond acceptors (Lipinski definition) is 1. The molecule has 2 heteroatoms. The summed E-state index contributed by atoms with van der Waals surface area (Å²) in [5.74, 6) is 0. The van der Waals surface area contributed by atoms with Crippen LogP contribution in [0.15, 0.2) is 41.2 Å². The Balaban J connectivity index is 2.64. The van der Waals surface area contributed by atoms with Gasteiger partial charge >= 0.3 is 0 Å². The summed E-state index contributed by atoms with van der Waals surface area (Å²) in [5, 5.41) is 0. The SMILES string of the molecule is CCc1[nH]c(=O)c(CC)cc1-c1ccccc1. The van der Waals surface area contributed by atoms with Crippen molar-refractivity contribution in [2.45, 2.75) is 26.7 Å². The number of aromatic amines is 1. The standard InChI is InChI=1S/C15H17NO/c1-3-11-10-13(12-8-6-5-7-9-12)14(4-2)16-15(11)17/h5-10H,3-4H2,1-2H3,(H,16,17). The molecule has 0 spiro atoms. The zero-order valence-electron chi connectivity index (χ0n) is 10.3. The zero-order valence-corrected chi connectivity index (χ0v) is 10.3. The maximum Gasteiger partial charge on any atom is 0.251 e. The molecule has 0 unspecified atom stereocenters. The number of hydrogen-bond donors (Lipinski definition) is 1. The van der Waals surface area contributed by atoms with Crippen molar-refractivity contribution in [3.8, 4) is 11.1 Å². The van der Waals surface area contributed by atoms with Crippen LogP contribution < -0.4 is 5.56 Å². The Morgan fingerprint density at radius 1 is 1.06 bits per heavy atom. The highest BCUT2D eigenvalue weighted by Crippen LogP contribution is 2.22. The predicted octanol–water partition coefficient (Wildman–Crippen LogP) is 3.17. The van der Waals surface area contributed by atoms with E-state index in [0.29, 0.717) is 0 Å². The van der Waals surface area contributed by atoms with Crippen molar-refractivity contribution in [1.82, 2.24) is 4.98 Å². The number of aromatic nitrogens is 1. The summed E-state index contributed by atoms with van der Waals surface area (Å²) in [4.78, 5) is 14.7. The van der Waals surface area contributed by atoms with Gasteiger partial charge in [0.2, 0.25) is 0 Å². The third-order valence-electron chi connectivity index (χ3n) is 3.02. The molecule has 0 fully saturated rings. The molecular weight excluding hydrogens is 210 g/mol. The van der Waals surface area contributed by atoms with Crippen LogP contribution in [0, 0.1) is 0 Å². The first-order valence-electron chi connectivity index (χ1n) is 6.06. The highest BCUT2D eigenvalue weighted by molar-refractivity contribution is 5.66. The topological polar surface area (TPSA) is 32.9 Å². The van der Waals surface area contributed by atoms with Crippen molar-refractivity contribution in [1.29, 1.82) is 0 Å². The molecule has 1 aromatic carbocycles. The lowest BCUT2D eigenvalue weighted by molar-refractivity contribution is 0.976. The molecule has 0 bridgehead atoms. The quantitative estimate of drug-likeness (QED) is 0.858. The first-order valence-corrected chi connectivity index (χ1v) is 6.06. The molecule has 0 saturated carbocycles. The second-order valence-electron chi connectivity index (χ2n) is 4.09. The smallest absolute Gasteiger partial charge is 0.251 e. The van der Waals surface area contributed by atoms with E-state index >= 15 is 0 Å². The Morgan fingerprint density at radius 3 is 2.35 bits per heavy atom. The number of pyridine rings is 1. The van der Waals surface area contributed by atoms with Crippen molar-refractivity contribution in [3.63, 3.8) is 0 Å². The maximum atomic E-state index is 11.8. The molecule has 0 aliphatic rings. The summed E-state index contributed by atoms with van der Waals surface area (Å²) in [7, 11) is 0. The number of benzene rings is 1. The van der Waals surface area contributed by atoms with Gasteiger partial charge in [-0.3, -0.25) is 4.79 Å². The van der Waals surface area contributed by atoms with E-state index in [2.05, 4.69) is 24.0 Å². The minimum atomic E-state index is 0.0454. The first kappa shape index (κ1) is 11.6. The molecule has 2 rings (SSSR count). The van der Waals surface area contributed by atoms with Crippen molar-refractivity contribution >= 4 is 0 Å². The van der Waals surface area contributed by atoms with E-state index in [1.807, 2.05) is 31.2 Å². The lowest BCUT2D eigenvalue weighted by atomic mass is 10.00. The lowest BCUT2D eigenvalue weighted by Gasteiger charge is -2.09. The fourth-order valence-electron chi connectivity index (χ4n) is 2.03. The summed E-state index contributed by atoms with van der Waals surface area (Å²) in [6, 6.07) is 12.2. The van der Waals surface area contributed by atoms with Crippen molar-refractivity contribution < 1.29 is 0 Å². The summed E-state index contributed by atoms with van der Waals surface area (Å²) in [6.45, 7) is 4.06. The third-order valence-corrected chi connectivity index (χ3v) is 3.02. The average molecular weight is 227 g/mol. The first-order chi connectivity index (χ1) is 8.26. The zero-order chi connectivity index (χ0) is 12.3. The van der Waals surface area contributed by atoms with Gasteiger partial charge in [-0.1, -0.05) is 44.2 Å². The molecule has 0 amide bonds. The van der Waals surface area contributed by atoms with Gasteiger partial charge in [-0.25, -0.2) is 0 Å². The van der Waals surface area contributed by atoms with Gasteiger partial charge < -0.3 is 4.98 Å². The van der Waals surface area contributed by atoms with E-state index in [1.165, 1.54) is 0 Å². The van der Waals surface area contributed by atoms with Gasteiger partial charge in [0.25, 0.3) is 5.56 Å². The lowest BCUT2D eigenvalue weighted by Crippen LogP contribution is -2.14. The molecule has 0 aliphatic heterocycles. The Morgan fingerprint density at radius 2 is 1.76 bits per heavy atom. The second kappa shape index (κ2) is 5.00. The van der Waals surface area contributed by atoms with Crippen LogP contribution in [0.5, 0.6) is 0 Å². The maximum absolute atomic E-state index is 11.8. The summed E-state index contributed by atoms with van der Waals surface area (Å²) in [6.07, 6.45) is 1.60. The molecule has 0 radical (unpaired) electrons. The summed E-state index contributed by atoms with van der Waals surface area (Å²) in [5.41, 5.74) is 4.21. The van der Waals surface area contributed by atoms with Crippen molar-refractivity contribution in [2.24, 2.45) is 0 Å². The summed E-state index contributed by atoms with van der Waals surface area (Å²) < 4.78 is 0. The minimum Gasteiger partial charge on any atom is -0.325 e. The minimum absolute atomic E-state index is 0.0454. The van der Waals surface area contributed by atoms with Crippen LogP contribution in [0.3, 0.4) is 0 Å². The fraction of sp³-hybridized carbons (Fsp3) is 0.267. The Labute approximate surface area is 101 Å². The molecule has 2 nitrogen and oxygen atoms in total. The molecular formula is C15H17NO. The predicted molar refractivity (Wildman–Crippen MR) is 71.3 cm³/mol. The van der Waals surface area contributed by atoms with E-state index < -0.39 is 0 Å². The van der Waals surface area contributed by atoms with Gasteiger partial charge in [0.15, 0.2) is 0 Å². The number of aryl methyl sites for hydroxylation is 2. The van der Waals surface area contributed by atoms with Gasteiger partial charge in [0, 0.05) is 16.8 Å². The molecule has 88 valence electrons. The van der Waals surface area contributed by atoms with Crippen molar-refractivity contribution in [3.05, 3.63) is 58.0 Å². The Bertz CT molecular complexity index is 555. The van der Waals surface area contributed by atoms with E-state index in [0.717, 1.165) is 35.2 Å². The van der Waals surface area contributed by atoms with Crippen LogP contribution in [0.25, 0.3) is 11.1 Å². The van der Waals surface area contributed by atoms with Crippen LogP contribution in [0.1, 0.15) is 25.1 Å². The van der Waals surface area contributed by atoms with Crippen LogP contribution in [0.2, 0.25) is 0 Å². The fourth-order valence-corrected chi connectivity index (χ4v) is 2.03. The van der Waals surface area contributed by atoms with Crippen molar-refractivity contribution in [2.75, 3.05) is 0 Å². The number of rotatable bonds is 3. The second-order valence-corrected chi connectivity index (χ2v) is 4.09. The highest BCUT2D eigenvalue weighted by Gasteiger charge is 2.07. The van der Waals surface area contributed by atoms with Crippen LogP contribution in [0.4, 0.5) is 0 Å². The summed E-state index contributed by atoms with van der Waals surface area (Å²) >= 11 is 0. The van der Waals surface area contributed by atoms with Gasteiger partial charge in [0.1, 0.15) is 0 Å². The highest BCUT2D eigenvalue weighted by atomic mass is 16.1. The van der Waals surface area contributed by atoms with Gasteiger partial charge in [-0.2, -0.15) is 0 Å². The number of nitrogens with one attached hydrogen (secondary N) is 1. The third kappa shape index (κ3) is 2.31. The average Bonchev–Trinajstić information content (AvgIpc) is 2.39. The normalized spacial score (nSPS) is 10.5. The van der Waals surface area contributed by atoms with E-state index in [-0.39, 0.29) is 5.56 Å². The molecule has 0 saturated heterocycles. The molecule has 0 atom stereocenters. The van der Waals surface area contributed by atoms with E-state index in [4.69, 9.17) is 0 Å². The van der Waals surface area contributed by atoms with Gasteiger partial charge in [-0.15, -0.1) is 0 Å². The molecule has 1 N–H and O–H groups in total. The van der Waals surface area contributed by atoms with Crippen LogP contribution in [-0.4, -0.2) is 4.98 Å². The van der Waals surface area contributed by atoms with Crippen LogP contribution in [-0.2, 0) is 12.8 Å².